The second-order valence-electron chi connectivity index (χ2n) is 6.78. The molecule has 1 saturated carbocycles. The molecule has 3 rings (SSSR count). The highest BCUT2D eigenvalue weighted by atomic mass is 16.5. The maximum Gasteiger partial charge on any atom is 0.338 e. The molecule has 1 heterocycles. The summed E-state index contributed by atoms with van der Waals surface area (Å²) in [6, 6.07) is 6.44. The maximum atomic E-state index is 12.3. The third kappa shape index (κ3) is 4.40. The van der Waals surface area contributed by atoms with E-state index in [0.29, 0.717) is 17.9 Å². The van der Waals surface area contributed by atoms with Crippen molar-refractivity contribution in [3.8, 4) is 0 Å². The highest BCUT2D eigenvalue weighted by Crippen LogP contribution is 2.22. The molecule has 1 aliphatic carbocycles. The molecule has 0 radical (unpaired) electrons. The number of hydrogen-bond acceptors (Lipinski definition) is 5. The van der Waals surface area contributed by atoms with Crippen molar-refractivity contribution in [3.63, 3.8) is 0 Å². The zero-order chi connectivity index (χ0) is 18.5. The van der Waals surface area contributed by atoms with Crippen molar-refractivity contribution in [2.45, 2.75) is 57.2 Å². The van der Waals surface area contributed by atoms with E-state index in [0.717, 1.165) is 25.7 Å². The number of fused-ring (bicyclic) bond motifs is 1. The minimum atomic E-state index is -0.506. The van der Waals surface area contributed by atoms with Gasteiger partial charge in [0.1, 0.15) is 0 Å². The van der Waals surface area contributed by atoms with Crippen molar-refractivity contribution in [1.29, 1.82) is 0 Å². The first-order valence-electron chi connectivity index (χ1n) is 9.20. The van der Waals surface area contributed by atoms with Crippen LogP contribution in [0.5, 0.6) is 0 Å². The lowest BCUT2D eigenvalue weighted by Crippen LogP contribution is -2.65. The van der Waals surface area contributed by atoms with E-state index in [-0.39, 0.29) is 30.3 Å². The molecule has 0 spiro atoms. The van der Waals surface area contributed by atoms with Gasteiger partial charge in [-0.05, 0) is 44.0 Å². The summed E-state index contributed by atoms with van der Waals surface area (Å²) in [6.45, 7) is 2.06. The number of carbonyl (C=O) groups excluding carboxylic acids is 3. The summed E-state index contributed by atoms with van der Waals surface area (Å²) >= 11 is 0. The molecule has 2 fully saturated rings. The van der Waals surface area contributed by atoms with Crippen LogP contribution in [0.25, 0.3) is 0 Å². The Kier molecular flexibility index (Phi) is 5.88. The van der Waals surface area contributed by atoms with Gasteiger partial charge < -0.3 is 20.7 Å². The molecule has 2 amide bonds. The standard InChI is InChI=1S/C19H25N3O4/c1-2-26-19(25)12-7-9-13(10-8-12)20-17(23)11-16-18(24)22-15-6-4-3-5-14(15)21-16/h7-10,14-16,21H,2-6,11H2,1H3,(H,20,23)(H,22,24)/t14-,15+,16+/m0/s1. The number of piperazine rings is 1. The van der Waals surface area contributed by atoms with Gasteiger partial charge in [0, 0.05) is 17.8 Å². The van der Waals surface area contributed by atoms with Crippen LogP contribution in [0.2, 0.25) is 0 Å². The van der Waals surface area contributed by atoms with Gasteiger partial charge in [-0.1, -0.05) is 12.8 Å². The van der Waals surface area contributed by atoms with E-state index in [1.807, 2.05) is 0 Å². The first kappa shape index (κ1) is 18.4. The number of benzene rings is 1. The van der Waals surface area contributed by atoms with Gasteiger partial charge in [0.25, 0.3) is 0 Å². The second-order valence-corrected chi connectivity index (χ2v) is 6.78. The van der Waals surface area contributed by atoms with Crippen molar-refractivity contribution < 1.29 is 19.1 Å². The molecule has 0 aromatic heterocycles. The smallest absolute Gasteiger partial charge is 0.338 e. The van der Waals surface area contributed by atoms with Crippen LogP contribution in [-0.4, -0.2) is 42.5 Å². The summed E-state index contributed by atoms with van der Waals surface area (Å²) in [7, 11) is 0. The Labute approximate surface area is 152 Å². The number of ether oxygens (including phenoxy) is 1. The van der Waals surface area contributed by atoms with E-state index in [1.54, 1.807) is 31.2 Å². The van der Waals surface area contributed by atoms with Crippen molar-refractivity contribution in [3.05, 3.63) is 29.8 Å². The normalized spacial score (nSPS) is 25.0. The van der Waals surface area contributed by atoms with Gasteiger partial charge in [-0.3, -0.25) is 9.59 Å². The average molecular weight is 359 g/mol. The van der Waals surface area contributed by atoms with Gasteiger partial charge in [-0.15, -0.1) is 0 Å². The number of anilines is 1. The van der Waals surface area contributed by atoms with Gasteiger partial charge in [0.2, 0.25) is 11.8 Å². The molecule has 26 heavy (non-hydrogen) atoms. The molecule has 0 unspecified atom stereocenters. The summed E-state index contributed by atoms with van der Waals surface area (Å²) < 4.78 is 4.93. The largest absolute Gasteiger partial charge is 0.462 e. The summed E-state index contributed by atoms with van der Waals surface area (Å²) in [4.78, 5) is 36.1. The van der Waals surface area contributed by atoms with Crippen LogP contribution in [-0.2, 0) is 14.3 Å². The Bertz CT molecular complexity index is 674. The minimum Gasteiger partial charge on any atom is -0.462 e. The monoisotopic (exact) mass is 359 g/mol. The van der Waals surface area contributed by atoms with E-state index >= 15 is 0 Å². The van der Waals surface area contributed by atoms with E-state index in [1.165, 1.54) is 0 Å². The maximum absolute atomic E-state index is 12.3. The van der Waals surface area contributed by atoms with Crippen LogP contribution in [0.3, 0.4) is 0 Å². The van der Waals surface area contributed by atoms with E-state index in [9.17, 15) is 14.4 Å². The molecule has 2 aliphatic rings. The number of rotatable bonds is 5. The van der Waals surface area contributed by atoms with Crippen molar-refractivity contribution >= 4 is 23.5 Å². The van der Waals surface area contributed by atoms with Gasteiger partial charge in [-0.25, -0.2) is 4.79 Å². The van der Waals surface area contributed by atoms with Gasteiger partial charge in [0.05, 0.1) is 24.6 Å². The molecular weight excluding hydrogens is 334 g/mol. The van der Waals surface area contributed by atoms with Gasteiger partial charge >= 0.3 is 5.97 Å². The fraction of sp³-hybridized carbons (Fsp3) is 0.526. The SMILES string of the molecule is CCOC(=O)c1ccc(NC(=O)C[C@H]2N[C@H]3CCCC[C@H]3NC2=O)cc1. The quantitative estimate of drug-likeness (QED) is 0.694. The Morgan fingerprint density at radius 3 is 2.54 bits per heavy atom. The fourth-order valence-corrected chi connectivity index (χ4v) is 3.57. The van der Waals surface area contributed by atoms with Crippen molar-refractivity contribution in [1.82, 2.24) is 10.6 Å². The lowest BCUT2D eigenvalue weighted by atomic mass is 9.87. The predicted octanol–water partition coefficient (Wildman–Crippen LogP) is 1.59. The van der Waals surface area contributed by atoms with Crippen LogP contribution in [0, 0.1) is 0 Å². The molecule has 3 atom stereocenters. The first-order chi connectivity index (χ1) is 12.6. The Balaban J connectivity index is 1.53. The molecule has 1 aromatic carbocycles. The summed E-state index contributed by atoms with van der Waals surface area (Å²) in [5, 5.41) is 9.13. The van der Waals surface area contributed by atoms with Crippen LogP contribution in [0.15, 0.2) is 24.3 Å². The van der Waals surface area contributed by atoms with E-state index in [2.05, 4.69) is 16.0 Å². The van der Waals surface area contributed by atoms with Crippen LogP contribution in [0.4, 0.5) is 5.69 Å². The molecule has 0 bridgehead atoms. The van der Waals surface area contributed by atoms with Gasteiger partial charge in [0.15, 0.2) is 0 Å². The fourth-order valence-electron chi connectivity index (χ4n) is 3.57. The minimum absolute atomic E-state index is 0.0781. The molecule has 1 aromatic rings. The molecule has 1 aliphatic heterocycles. The molecule has 3 N–H and O–H groups in total. The number of carbonyl (C=O) groups is 3. The highest BCUT2D eigenvalue weighted by molar-refractivity contribution is 5.96. The Morgan fingerprint density at radius 2 is 1.85 bits per heavy atom. The van der Waals surface area contributed by atoms with E-state index in [4.69, 9.17) is 4.74 Å². The zero-order valence-electron chi connectivity index (χ0n) is 14.9. The molecule has 1 saturated heterocycles. The second kappa shape index (κ2) is 8.31. The third-order valence-electron chi connectivity index (χ3n) is 4.89. The molecule has 7 nitrogen and oxygen atoms in total. The van der Waals surface area contributed by atoms with Crippen LogP contribution >= 0.6 is 0 Å². The molecule has 7 heteroatoms. The van der Waals surface area contributed by atoms with Crippen molar-refractivity contribution in [2.75, 3.05) is 11.9 Å². The van der Waals surface area contributed by atoms with Crippen LogP contribution in [0.1, 0.15) is 49.4 Å². The summed E-state index contributed by atoms with van der Waals surface area (Å²) in [5.74, 6) is -0.743. The van der Waals surface area contributed by atoms with Crippen LogP contribution < -0.4 is 16.0 Å². The molecule has 140 valence electrons. The lowest BCUT2D eigenvalue weighted by Gasteiger charge is -2.40. The topological polar surface area (TPSA) is 96.5 Å². The Hall–Kier alpha value is -2.41. The lowest BCUT2D eigenvalue weighted by molar-refractivity contribution is -0.129. The third-order valence-corrected chi connectivity index (χ3v) is 4.89. The first-order valence-corrected chi connectivity index (χ1v) is 9.20. The van der Waals surface area contributed by atoms with E-state index < -0.39 is 12.0 Å². The molecular formula is C19H25N3O4. The summed E-state index contributed by atoms with van der Waals surface area (Å²) in [5.41, 5.74) is 1.01. The predicted molar refractivity (Wildman–Crippen MR) is 96.8 cm³/mol. The number of hydrogen-bond donors (Lipinski definition) is 3. The number of esters is 1. The highest BCUT2D eigenvalue weighted by Gasteiger charge is 2.36. The zero-order valence-corrected chi connectivity index (χ0v) is 14.9. The summed E-state index contributed by atoms with van der Waals surface area (Å²) in [6.07, 6.45) is 4.38. The van der Waals surface area contributed by atoms with Gasteiger partial charge in [-0.2, -0.15) is 0 Å². The number of amides is 2. The van der Waals surface area contributed by atoms with Crippen molar-refractivity contribution in [2.24, 2.45) is 0 Å². The number of nitrogens with one attached hydrogen (secondary N) is 3. The average Bonchev–Trinajstić information content (AvgIpc) is 2.63. The Morgan fingerprint density at radius 1 is 1.15 bits per heavy atom.